The second-order valence-corrected chi connectivity index (χ2v) is 3.67. The maximum Gasteiger partial charge on any atom is 0.306 e. The number of hydrogen-bond acceptors (Lipinski definition) is 2. The summed E-state index contributed by atoms with van der Waals surface area (Å²) in [6, 6.07) is 0. The Morgan fingerprint density at radius 2 is 1.69 bits per heavy atom. The molecule has 0 aromatic carbocycles. The molecule has 0 amide bonds. The highest BCUT2D eigenvalue weighted by Crippen LogP contribution is 2.03. The molecule has 0 aromatic heterocycles. The van der Waals surface area contributed by atoms with Gasteiger partial charge in [-0.15, -0.1) is 0 Å². The lowest BCUT2D eigenvalue weighted by molar-refractivity contribution is -0.142. The van der Waals surface area contributed by atoms with Crippen LogP contribution in [0.3, 0.4) is 0 Å². The van der Waals surface area contributed by atoms with E-state index in [-0.39, 0.29) is 5.97 Å². The molecule has 0 unspecified atom stereocenters. The summed E-state index contributed by atoms with van der Waals surface area (Å²) in [5, 5.41) is 0. The first-order valence-corrected chi connectivity index (χ1v) is 6.23. The van der Waals surface area contributed by atoms with Crippen LogP contribution in [0.15, 0.2) is 24.3 Å². The highest BCUT2D eigenvalue weighted by atomic mass is 16.5. The van der Waals surface area contributed by atoms with Gasteiger partial charge >= 0.3 is 5.97 Å². The quantitative estimate of drug-likeness (QED) is 0.336. The lowest BCUT2D eigenvalue weighted by Gasteiger charge is -1.98. The first-order valence-electron chi connectivity index (χ1n) is 6.23. The predicted molar refractivity (Wildman–Crippen MR) is 68.3 cm³/mol. The van der Waals surface area contributed by atoms with Crippen LogP contribution in [-0.4, -0.2) is 12.6 Å². The van der Waals surface area contributed by atoms with Gasteiger partial charge in [-0.25, -0.2) is 0 Å². The Morgan fingerprint density at radius 3 is 2.31 bits per heavy atom. The molecule has 2 heteroatoms. The smallest absolute Gasteiger partial charge is 0.306 e. The van der Waals surface area contributed by atoms with Crippen LogP contribution in [-0.2, 0) is 9.53 Å². The van der Waals surface area contributed by atoms with Crippen LogP contribution in [0.25, 0.3) is 0 Å². The zero-order chi connectivity index (χ0) is 12.1. The van der Waals surface area contributed by atoms with Crippen LogP contribution in [0.5, 0.6) is 0 Å². The molecule has 0 rings (SSSR count). The van der Waals surface area contributed by atoms with Gasteiger partial charge in [0.15, 0.2) is 0 Å². The average molecular weight is 224 g/mol. The normalized spacial score (nSPS) is 11.4. The highest BCUT2D eigenvalue weighted by molar-refractivity contribution is 5.69. The summed E-state index contributed by atoms with van der Waals surface area (Å²) in [6.07, 6.45) is 14.6. The van der Waals surface area contributed by atoms with Gasteiger partial charge in [0.2, 0.25) is 0 Å². The van der Waals surface area contributed by atoms with Crippen LogP contribution < -0.4 is 0 Å². The third kappa shape index (κ3) is 11.0. The Hall–Kier alpha value is -1.05. The van der Waals surface area contributed by atoms with Crippen molar-refractivity contribution in [2.45, 2.75) is 52.4 Å². The van der Waals surface area contributed by atoms with Gasteiger partial charge in [-0.05, 0) is 46.0 Å². The number of rotatable bonds is 9. The van der Waals surface area contributed by atoms with E-state index in [0.29, 0.717) is 13.0 Å². The topological polar surface area (TPSA) is 26.3 Å². The first-order chi connectivity index (χ1) is 7.81. The first kappa shape index (κ1) is 14.9. The molecule has 0 bridgehead atoms. The summed E-state index contributed by atoms with van der Waals surface area (Å²) >= 11 is 0. The molecular formula is C14H24O2. The Bertz CT molecular complexity index is 217. The van der Waals surface area contributed by atoms with Gasteiger partial charge in [0.25, 0.3) is 0 Å². The Labute approximate surface area is 99.4 Å². The molecule has 0 aliphatic heterocycles. The fraction of sp³-hybridized carbons (Fsp3) is 0.643. The van der Waals surface area contributed by atoms with E-state index in [1.54, 1.807) is 0 Å². The van der Waals surface area contributed by atoms with Crippen LogP contribution in [0.4, 0.5) is 0 Å². The van der Waals surface area contributed by atoms with E-state index in [1.807, 2.05) is 6.92 Å². The molecule has 0 spiro atoms. The van der Waals surface area contributed by atoms with Gasteiger partial charge < -0.3 is 4.74 Å². The fourth-order valence-electron chi connectivity index (χ4n) is 1.36. The van der Waals surface area contributed by atoms with Crippen LogP contribution in [0.2, 0.25) is 0 Å². The number of hydrogen-bond donors (Lipinski definition) is 0. The molecule has 0 radical (unpaired) electrons. The average Bonchev–Trinajstić information content (AvgIpc) is 2.27. The summed E-state index contributed by atoms with van der Waals surface area (Å²) in [4.78, 5) is 11.0. The molecule has 0 saturated heterocycles. The number of carbonyl (C=O) groups is 1. The Morgan fingerprint density at radius 1 is 1.06 bits per heavy atom. The number of unbranched alkanes of at least 4 members (excludes halogenated alkanes) is 3. The Kier molecular flexibility index (Phi) is 11.2. The van der Waals surface area contributed by atoms with Gasteiger partial charge in [0.05, 0.1) is 6.61 Å². The molecule has 0 fully saturated rings. The van der Waals surface area contributed by atoms with Crippen molar-refractivity contribution in [1.82, 2.24) is 0 Å². The standard InChI is InChI=1S/C14H24O2/c1-3-5-6-7-8-9-10-11-12-13-14(15)16-4-2/h3,5,10-11H,4,6-9,12-13H2,1-2H3/b5-3+,11-10+. The minimum absolute atomic E-state index is 0.0970. The number of ether oxygens (including phenoxy) is 1. The lowest BCUT2D eigenvalue weighted by atomic mass is 10.1. The lowest BCUT2D eigenvalue weighted by Crippen LogP contribution is -2.02. The Balaban J connectivity index is 3.25. The summed E-state index contributed by atoms with van der Waals surface area (Å²) < 4.78 is 4.83. The minimum Gasteiger partial charge on any atom is -0.466 e. The number of esters is 1. The zero-order valence-electron chi connectivity index (χ0n) is 10.6. The molecule has 0 aliphatic rings. The second kappa shape index (κ2) is 12.0. The molecule has 2 nitrogen and oxygen atoms in total. The van der Waals surface area contributed by atoms with Crippen molar-refractivity contribution >= 4 is 5.97 Å². The van der Waals surface area contributed by atoms with Crippen molar-refractivity contribution in [3.63, 3.8) is 0 Å². The van der Waals surface area contributed by atoms with Crippen LogP contribution >= 0.6 is 0 Å². The molecule has 0 atom stereocenters. The number of carbonyl (C=O) groups excluding carboxylic acids is 1. The van der Waals surface area contributed by atoms with Crippen molar-refractivity contribution in [3.05, 3.63) is 24.3 Å². The zero-order valence-corrected chi connectivity index (χ0v) is 10.6. The van der Waals surface area contributed by atoms with E-state index in [1.165, 1.54) is 19.3 Å². The SMILES string of the molecule is C/C=C/CCCC/C=C/CCC(=O)OCC. The van der Waals surface area contributed by atoms with E-state index < -0.39 is 0 Å². The van der Waals surface area contributed by atoms with Crippen LogP contribution in [0.1, 0.15) is 52.4 Å². The van der Waals surface area contributed by atoms with Gasteiger partial charge in [0.1, 0.15) is 0 Å². The third-order valence-electron chi connectivity index (χ3n) is 2.21. The molecule has 0 aliphatic carbocycles. The number of allylic oxidation sites excluding steroid dienone is 4. The van der Waals surface area contributed by atoms with Gasteiger partial charge in [-0.3, -0.25) is 4.79 Å². The van der Waals surface area contributed by atoms with Gasteiger partial charge in [0, 0.05) is 6.42 Å². The van der Waals surface area contributed by atoms with Crippen molar-refractivity contribution in [3.8, 4) is 0 Å². The third-order valence-corrected chi connectivity index (χ3v) is 2.21. The van der Waals surface area contributed by atoms with E-state index in [2.05, 4.69) is 31.2 Å². The fourth-order valence-corrected chi connectivity index (χ4v) is 1.36. The van der Waals surface area contributed by atoms with Crippen molar-refractivity contribution < 1.29 is 9.53 Å². The summed E-state index contributed by atoms with van der Waals surface area (Å²) in [7, 11) is 0. The van der Waals surface area contributed by atoms with E-state index in [9.17, 15) is 4.79 Å². The van der Waals surface area contributed by atoms with Gasteiger partial charge in [-0.2, -0.15) is 0 Å². The van der Waals surface area contributed by atoms with Crippen molar-refractivity contribution in [2.24, 2.45) is 0 Å². The molecule has 0 saturated carbocycles. The summed E-state index contributed by atoms with van der Waals surface area (Å²) in [5.74, 6) is -0.0970. The summed E-state index contributed by atoms with van der Waals surface area (Å²) in [5.41, 5.74) is 0. The van der Waals surface area contributed by atoms with E-state index in [0.717, 1.165) is 12.8 Å². The van der Waals surface area contributed by atoms with Crippen LogP contribution in [0, 0.1) is 0 Å². The molecule has 16 heavy (non-hydrogen) atoms. The maximum absolute atomic E-state index is 11.0. The van der Waals surface area contributed by atoms with Crippen molar-refractivity contribution in [1.29, 1.82) is 0 Å². The molecule has 0 aromatic rings. The van der Waals surface area contributed by atoms with E-state index >= 15 is 0 Å². The molecule has 0 heterocycles. The van der Waals surface area contributed by atoms with Crippen molar-refractivity contribution in [2.75, 3.05) is 6.61 Å². The monoisotopic (exact) mass is 224 g/mol. The predicted octanol–water partition coefficient (Wildman–Crippen LogP) is 4.02. The highest BCUT2D eigenvalue weighted by Gasteiger charge is 1.97. The van der Waals surface area contributed by atoms with E-state index in [4.69, 9.17) is 4.74 Å². The van der Waals surface area contributed by atoms with Gasteiger partial charge in [-0.1, -0.05) is 24.3 Å². The molecule has 0 N–H and O–H groups in total. The second-order valence-electron chi connectivity index (χ2n) is 3.67. The largest absolute Gasteiger partial charge is 0.466 e. The minimum atomic E-state index is -0.0970. The molecule has 92 valence electrons. The summed E-state index contributed by atoms with van der Waals surface area (Å²) in [6.45, 7) is 4.36. The maximum atomic E-state index is 11.0. The molecular weight excluding hydrogens is 200 g/mol.